The zero-order chi connectivity index (χ0) is 18.8. The van der Waals surface area contributed by atoms with Crippen molar-refractivity contribution in [2.24, 2.45) is 0 Å². The molecule has 2 aliphatic rings. The molecule has 0 aliphatic carbocycles. The largest absolute Gasteiger partial charge is 0.369 e. The Morgan fingerprint density at radius 2 is 1.56 bits per heavy atom. The highest BCUT2D eigenvalue weighted by Gasteiger charge is 2.42. The third-order valence-electron chi connectivity index (χ3n) is 5.35. The monoisotopic (exact) mass is 367 g/mol. The number of hydrogen-bond donors (Lipinski definition) is 0. The molecule has 0 saturated carbocycles. The number of carbonyl (C=O) groups excluding carboxylic acids is 2. The second kappa shape index (κ2) is 7.48. The Morgan fingerprint density at radius 1 is 0.889 bits per heavy atom. The maximum absolute atomic E-state index is 13.1. The summed E-state index contributed by atoms with van der Waals surface area (Å²) in [6.07, 6.45) is 0.252. The molecule has 140 valence electrons. The van der Waals surface area contributed by atoms with Crippen LogP contribution in [0.1, 0.15) is 12.0 Å². The van der Waals surface area contributed by atoms with Crippen LogP contribution in [0.4, 0.5) is 10.1 Å². The fourth-order valence-corrected chi connectivity index (χ4v) is 3.83. The van der Waals surface area contributed by atoms with Crippen LogP contribution in [0.15, 0.2) is 54.6 Å². The molecule has 4 rings (SSSR count). The smallest absolute Gasteiger partial charge is 0.247 e. The topological polar surface area (TPSA) is 43.9 Å². The van der Waals surface area contributed by atoms with Gasteiger partial charge in [-0.2, -0.15) is 0 Å². The van der Waals surface area contributed by atoms with E-state index in [9.17, 15) is 14.0 Å². The first kappa shape index (κ1) is 17.7. The van der Waals surface area contributed by atoms with E-state index in [0.717, 1.165) is 24.3 Å². The highest BCUT2D eigenvalue weighted by atomic mass is 19.1. The molecule has 2 fully saturated rings. The number of amides is 2. The fourth-order valence-electron chi connectivity index (χ4n) is 3.83. The minimum Gasteiger partial charge on any atom is -0.369 e. The highest BCUT2D eigenvalue weighted by Crippen LogP contribution is 2.24. The van der Waals surface area contributed by atoms with Gasteiger partial charge in [-0.15, -0.1) is 0 Å². The molecule has 2 aliphatic heterocycles. The van der Waals surface area contributed by atoms with Gasteiger partial charge in [0, 0.05) is 31.9 Å². The highest BCUT2D eigenvalue weighted by molar-refractivity contribution is 6.05. The third kappa shape index (κ3) is 3.71. The first-order valence-electron chi connectivity index (χ1n) is 9.24. The lowest BCUT2D eigenvalue weighted by atomic mass is 10.1. The summed E-state index contributed by atoms with van der Waals surface area (Å²) in [5.74, 6) is -0.445. The quantitative estimate of drug-likeness (QED) is 0.778. The Balaban J connectivity index is 1.38. The molecule has 6 heteroatoms. The molecule has 0 bridgehead atoms. The molecule has 2 amide bonds. The van der Waals surface area contributed by atoms with Crippen LogP contribution < -0.4 is 4.90 Å². The van der Waals surface area contributed by atoms with E-state index in [4.69, 9.17) is 0 Å². The van der Waals surface area contributed by atoms with Crippen molar-refractivity contribution in [1.82, 2.24) is 9.80 Å². The summed E-state index contributed by atoms with van der Waals surface area (Å²) in [5, 5.41) is 0. The van der Waals surface area contributed by atoms with E-state index < -0.39 is 0 Å². The molecule has 0 unspecified atom stereocenters. The van der Waals surface area contributed by atoms with Crippen molar-refractivity contribution in [3.63, 3.8) is 0 Å². The van der Waals surface area contributed by atoms with Crippen molar-refractivity contribution in [1.29, 1.82) is 0 Å². The number of halogens is 1. The van der Waals surface area contributed by atoms with Crippen LogP contribution in [0.3, 0.4) is 0 Å². The van der Waals surface area contributed by atoms with Gasteiger partial charge in [-0.1, -0.05) is 30.3 Å². The van der Waals surface area contributed by atoms with E-state index in [-0.39, 0.29) is 30.1 Å². The van der Waals surface area contributed by atoms with Gasteiger partial charge in [-0.3, -0.25) is 19.4 Å². The summed E-state index contributed by atoms with van der Waals surface area (Å²) in [4.78, 5) is 30.9. The lowest BCUT2D eigenvalue weighted by Gasteiger charge is -2.38. The van der Waals surface area contributed by atoms with Gasteiger partial charge in [0.05, 0.1) is 19.0 Å². The van der Waals surface area contributed by atoms with Gasteiger partial charge < -0.3 is 4.90 Å². The van der Waals surface area contributed by atoms with Gasteiger partial charge in [-0.05, 0) is 29.8 Å². The van der Waals surface area contributed by atoms with Gasteiger partial charge >= 0.3 is 0 Å². The number of rotatable bonds is 4. The van der Waals surface area contributed by atoms with Gasteiger partial charge in [0.15, 0.2) is 0 Å². The van der Waals surface area contributed by atoms with E-state index in [1.54, 1.807) is 12.1 Å². The zero-order valence-corrected chi connectivity index (χ0v) is 15.1. The summed E-state index contributed by atoms with van der Waals surface area (Å²) in [7, 11) is 0. The van der Waals surface area contributed by atoms with Crippen LogP contribution in [0.2, 0.25) is 0 Å². The summed E-state index contributed by atoms with van der Waals surface area (Å²) in [6, 6.07) is 15.7. The number of hydrogen-bond acceptors (Lipinski definition) is 4. The van der Waals surface area contributed by atoms with Gasteiger partial charge in [0.1, 0.15) is 5.82 Å². The van der Waals surface area contributed by atoms with E-state index in [0.29, 0.717) is 19.6 Å². The van der Waals surface area contributed by atoms with E-state index in [2.05, 4.69) is 9.80 Å². The van der Waals surface area contributed by atoms with Crippen LogP contribution >= 0.6 is 0 Å². The molecule has 0 radical (unpaired) electrons. The fraction of sp³-hybridized carbons (Fsp3) is 0.333. The predicted octanol–water partition coefficient (Wildman–Crippen LogP) is 2.28. The first-order valence-corrected chi connectivity index (χ1v) is 9.24. The zero-order valence-electron chi connectivity index (χ0n) is 15.1. The van der Waals surface area contributed by atoms with Crippen LogP contribution in [-0.2, 0) is 16.1 Å². The Kier molecular flexibility index (Phi) is 4.90. The number of benzene rings is 2. The van der Waals surface area contributed by atoms with E-state index >= 15 is 0 Å². The average Bonchev–Trinajstić information content (AvgIpc) is 2.98. The molecule has 0 spiro atoms. The van der Waals surface area contributed by atoms with Gasteiger partial charge in [0.25, 0.3) is 0 Å². The van der Waals surface area contributed by atoms with Gasteiger partial charge in [0.2, 0.25) is 11.8 Å². The molecule has 27 heavy (non-hydrogen) atoms. The molecule has 2 aromatic carbocycles. The maximum Gasteiger partial charge on any atom is 0.247 e. The van der Waals surface area contributed by atoms with Crippen molar-refractivity contribution in [2.45, 2.75) is 19.0 Å². The normalized spacial score (nSPS) is 21.1. The Labute approximate surface area is 158 Å². The van der Waals surface area contributed by atoms with Crippen molar-refractivity contribution >= 4 is 17.5 Å². The van der Waals surface area contributed by atoms with Crippen molar-refractivity contribution < 1.29 is 14.0 Å². The molecular formula is C21H22FN3O2. The van der Waals surface area contributed by atoms with Crippen LogP contribution in [0, 0.1) is 5.82 Å². The molecule has 0 N–H and O–H groups in total. The van der Waals surface area contributed by atoms with Crippen LogP contribution in [0.5, 0.6) is 0 Å². The Morgan fingerprint density at radius 3 is 2.22 bits per heavy atom. The maximum atomic E-state index is 13.1. The third-order valence-corrected chi connectivity index (χ3v) is 5.35. The molecule has 0 aromatic heterocycles. The Hall–Kier alpha value is -2.73. The standard InChI is InChI=1S/C21H22FN3O2/c22-17-6-8-18(9-7-17)23-10-12-24(13-11-23)19-14-20(26)25(21(19)27)15-16-4-2-1-3-5-16/h1-9,19H,10-15H2/t19-/m1/s1. The van der Waals surface area contributed by atoms with E-state index in [1.807, 2.05) is 30.3 Å². The van der Waals surface area contributed by atoms with Gasteiger partial charge in [-0.25, -0.2) is 4.39 Å². The second-order valence-electron chi connectivity index (χ2n) is 7.02. The van der Waals surface area contributed by atoms with Crippen LogP contribution in [-0.4, -0.2) is 53.8 Å². The summed E-state index contributed by atoms with van der Waals surface area (Å²) in [6.45, 7) is 3.26. The minimum absolute atomic E-state index is 0.0981. The predicted molar refractivity (Wildman–Crippen MR) is 101 cm³/mol. The number of likely N-dealkylation sites (tertiary alicyclic amines) is 1. The lowest BCUT2D eigenvalue weighted by molar-refractivity contribution is -0.140. The van der Waals surface area contributed by atoms with Crippen LogP contribution in [0.25, 0.3) is 0 Å². The molecule has 5 nitrogen and oxygen atoms in total. The summed E-state index contributed by atoms with van der Waals surface area (Å²) in [5.41, 5.74) is 1.94. The average molecular weight is 367 g/mol. The summed E-state index contributed by atoms with van der Waals surface area (Å²) < 4.78 is 13.1. The van der Waals surface area contributed by atoms with Crippen molar-refractivity contribution in [3.05, 3.63) is 66.0 Å². The molecular weight excluding hydrogens is 345 g/mol. The minimum atomic E-state index is -0.364. The van der Waals surface area contributed by atoms with E-state index in [1.165, 1.54) is 17.0 Å². The number of imide groups is 1. The number of piperazine rings is 1. The Bertz CT molecular complexity index is 817. The van der Waals surface area contributed by atoms with Crippen molar-refractivity contribution in [3.8, 4) is 0 Å². The SMILES string of the molecule is O=C1C[C@@H](N2CCN(c3ccc(F)cc3)CC2)C(=O)N1Cc1ccccc1. The van der Waals surface area contributed by atoms with Crippen molar-refractivity contribution in [2.75, 3.05) is 31.1 Å². The first-order chi connectivity index (χ1) is 13.1. The lowest BCUT2D eigenvalue weighted by Crippen LogP contribution is -2.52. The molecule has 2 saturated heterocycles. The second-order valence-corrected chi connectivity index (χ2v) is 7.02. The number of anilines is 1. The number of carbonyl (C=O) groups is 2. The molecule has 2 heterocycles. The number of nitrogens with zero attached hydrogens (tertiary/aromatic N) is 3. The molecule has 2 aromatic rings. The molecule has 1 atom stereocenters. The summed E-state index contributed by atoms with van der Waals surface area (Å²) >= 11 is 0.